The van der Waals surface area contributed by atoms with Crippen LogP contribution in [0.2, 0.25) is 0 Å². The molecule has 26 heavy (non-hydrogen) atoms. The third-order valence-corrected chi connectivity index (χ3v) is 4.30. The Bertz CT molecular complexity index is 787. The second kappa shape index (κ2) is 7.23. The Morgan fingerprint density at radius 3 is 2.73 bits per heavy atom. The lowest BCUT2D eigenvalue weighted by Crippen LogP contribution is -2.43. The fraction of sp³-hybridized carbons (Fsp3) is 0.333. The van der Waals surface area contributed by atoms with Crippen molar-refractivity contribution in [3.63, 3.8) is 0 Å². The van der Waals surface area contributed by atoms with Gasteiger partial charge in [-0.15, -0.1) is 0 Å². The highest BCUT2D eigenvalue weighted by Gasteiger charge is 2.32. The van der Waals surface area contributed by atoms with Crippen molar-refractivity contribution in [3.05, 3.63) is 54.0 Å². The number of alkyl halides is 3. The van der Waals surface area contributed by atoms with Gasteiger partial charge in [-0.05, 0) is 37.1 Å². The average molecular weight is 366 g/mol. The molecule has 1 aliphatic rings. The van der Waals surface area contributed by atoms with Crippen molar-refractivity contribution >= 4 is 17.5 Å². The van der Waals surface area contributed by atoms with Crippen molar-refractivity contribution in [1.82, 2.24) is 4.90 Å². The minimum atomic E-state index is -4.47. The summed E-state index contributed by atoms with van der Waals surface area (Å²) < 4.78 is 43.2. The van der Waals surface area contributed by atoms with Crippen molar-refractivity contribution in [1.29, 1.82) is 0 Å². The molecule has 0 spiro atoms. The van der Waals surface area contributed by atoms with Gasteiger partial charge >= 0.3 is 6.18 Å². The predicted molar refractivity (Wildman–Crippen MR) is 87.4 cm³/mol. The fourth-order valence-electron chi connectivity index (χ4n) is 2.96. The molecule has 1 N–H and O–H groups in total. The van der Waals surface area contributed by atoms with Crippen LogP contribution in [0, 0.1) is 5.92 Å². The highest BCUT2D eigenvalue weighted by Crippen LogP contribution is 2.31. The van der Waals surface area contributed by atoms with Crippen molar-refractivity contribution < 1.29 is 27.2 Å². The van der Waals surface area contributed by atoms with Crippen molar-refractivity contribution in [2.45, 2.75) is 19.0 Å². The summed E-state index contributed by atoms with van der Waals surface area (Å²) in [6.07, 6.45) is -0.521. The first-order valence-corrected chi connectivity index (χ1v) is 8.14. The van der Waals surface area contributed by atoms with Gasteiger partial charge in [-0.2, -0.15) is 13.2 Å². The van der Waals surface area contributed by atoms with Gasteiger partial charge in [-0.25, -0.2) is 0 Å². The number of benzene rings is 1. The number of nitrogens with one attached hydrogen (secondary N) is 1. The first-order chi connectivity index (χ1) is 12.3. The Balaban J connectivity index is 1.65. The first-order valence-electron chi connectivity index (χ1n) is 8.14. The molecule has 0 bridgehead atoms. The lowest BCUT2D eigenvalue weighted by molar-refractivity contribution is -0.137. The molecule has 8 heteroatoms. The molecule has 1 fully saturated rings. The van der Waals surface area contributed by atoms with Crippen LogP contribution >= 0.6 is 0 Å². The van der Waals surface area contributed by atoms with E-state index in [0.29, 0.717) is 24.9 Å². The third-order valence-electron chi connectivity index (χ3n) is 4.30. The number of carbonyl (C=O) groups is 2. The number of hydrogen-bond acceptors (Lipinski definition) is 3. The Hall–Kier alpha value is -2.77. The fourth-order valence-corrected chi connectivity index (χ4v) is 2.96. The van der Waals surface area contributed by atoms with Gasteiger partial charge in [-0.3, -0.25) is 9.59 Å². The van der Waals surface area contributed by atoms with Crippen LogP contribution in [0.15, 0.2) is 47.3 Å². The minimum absolute atomic E-state index is 0.0862. The number of amides is 2. The molecule has 2 amide bonds. The van der Waals surface area contributed by atoms with E-state index in [1.165, 1.54) is 24.7 Å². The Morgan fingerprint density at radius 2 is 2.04 bits per heavy atom. The highest BCUT2D eigenvalue weighted by atomic mass is 19.4. The number of rotatable bonds is 3. The van der Waals surface area contributed by atoms with Gasteiger partial charge in [-0.1, -0.05) is 6.07 Å². The van der Waals surface area contributed by atoms with Crippen LogP contribution in [0.5, 0.6) is 0 Å². The zero-order chi connectivity index (χ0) is 18.7. The molecule has 0 radical (unpaired) electrons. The van der Waals surface area contributed by atoms with E-state index in [2.05, 4.69) is 5.32 Å². The van der Waals surface area contributed by atoms with Crippen LogP contribution in [0.3, 0.4) is 0 Å². The highest BCUT2D eigenvalue weighted by molar-refractivity contribution is 5.96. The number of halogens is 3. The lowest BCUT2D eigenvalue weighted by Gasteiger charge is -2.31. The van der Waals surface area contributed by atoms with Crippen LogP contribution in [0.4, 0.5) is 18.9 Å². The molecule has 1 atom stereocenters. The normalized spacial score (nSPS) is 17.8. The smallest absolute Gasteiger partial charge is 0.416 e. The van der Waals surface area contributed by atoms with E-state index in [1.807, 2.05) is 0 Å². The molecule has 2 heterocycles. The summed E-state index contributed by atoms with van der Waals surface area (Å²) in [7, 11) is 0. The van der Waals surface area contributed by atoms with Crippen LogP contribution < -0.4 is 5.32 Å². The zero-order valence-electron chi connectivity index (χ0n) is 13.8. The Kier molecular flexibility index (Phi) is 5.01. The van der Waals surface area contributed by atoms with Gasteiger partial charge in [0.1, 0.15) is 6.26 Å². The van der Waals surface area contributed by atoms with E-state index >= 15 is 0 Å². The molecule has 1 unspecified atom stereocenters. The van der Waals surface area contributed by atoms with Crippen LogP contribution in [0.25, 0.3) is 0 Å². The molecule has 1 aliphatic heterocycles. The second-order valence-electron chi connectivity index (χ2n) is 6.17. The Morgan fingerprint density at radius 1 is 1.23 bits per heavy atom. The number of carbonyl (C=O) groups excluding carboxylic acids is 2. The number of piperidine rings is 1. The summed E-state index contributed by atoms with van der Waals surface area (Å²) in [5, 5.41) is 2.52. The summed E-state index contributed by atoms with van der Waals surface area (Å²) >= 11 is 0. The number of nitrogens with zero attached hydrogens (tertiary/aromatic N) is 1. The maximum atomic E-state index is 12.8. The van der Waals surface area contributed by atoms with Gasteiger partial charge in [0.15, 0.2) is 0 Å². The molecule has 3 rings (SSSR count). The van der Waals surface area contributed by atoms with Gasteiger partial charge in [0.2, 0.25) is 5.91 Å². The molecule has 2 aromatic rings. The van der Waals surface area contributed by atoms with E-state index in [9.17, 15) is 22.8 Å². The first kappa shape index (κ1) is 18.0. The summed E-state index contributed by atoms with van der Waals surface area (Å²) in [4.78, 5) is 26.3. The van der Waals surface area contributed by atoms with Gasteiger partial charge in [0.25, 0.3) is 5.91 Å². The Labute approximate surface area is 147 Å². The molecule has 0 aliphatic carbocycles. The van der Waals surface area contributed by atoms with Crippen molar-refractivity contribution in [3.8, 4) is 0 Å². The number of likely N-dealkylation sites (tertiary alicyclic amines) is 1. The van der Waals surface area contributed by atoms with Crippen molar-refractivity contribution in [2.24, 2.45) is 5.92 Å². The quantitative estimate of drug-likeness (QED) is 0.899. The molecule has 0 saturated carbocycles. The minimum Gasteiger partial charge on any atom is -0.472 e. The number of hydrogen-bond donors (Lipinski definition) is 1. The van der Waals surface area contributed by atoms with Crippen LogP contribution in [-0.4, -0.2) is 29.8 Å². The molecule has 1 aromatic heterocycles. The molecular weight excluding hydrogens is 349 g/mol. The van der Waals surface area contributed by atoms with Crippen molar-refractivity contribution in [2.75, 3.05) is 18.4 Å². The van der Waals surface area contributed by atoms with Crippen LogP contribution in [0.1, 0.15) is 28.8 Å². The predicted octanol–water partition coefficient (Wildman–Crippen LogP) is 3.79. The molecule has 138 valence electrons. The van der Waals surface area contributed by atoms with E-state index in [0.717, 1.165) is 12.1 Å². The van der Waals surface area contributed by atoms with E-state index < -0.39 is 23.6 Å². The van der Waals surface area contributed by atoms with E-state index in [-0.39, 0.29) is 18.1 Å². The maximum Gasteiger partial charge on any atom is 0.416 e. The third kappa shape index (κ3) is 4.07. The number of furan rings is 1. The maximum absolute atomic E-state index is 12.8. The van der Waals surface area contributed by atoms with E-state index in [4.69, 9.17) is 4.42 Å². The van der Waals surface area contributed by atoms with E-state index in [1.54, 1.807) is 11.0 Å². The lowest BCUT2D eigenvalue weighted by atomic mass is 9.96. The van der Waals surface area contributed by atoms with Crippen LogP contribution in [-0.2, 0) is 11.0 Å². The van der Waals surface area contributed by atoms with Gasteiger partial charge in [0, 0.05) is 18.8 Å². The molecule has 5 nitrogen and oxygen atoms in total. The monoisotopic (exact) mass is 366 g/mol. The topological polar surface area (TPSA) is 62.6 Å². The zero-order valence-corrected chi connectivity index (χ0v) is 13.8. The summed E-state index contributed by atoms with van der Waals surface area (Å²) in [6.45, 7) is 0.742. The van der Waals surface area contributed by atoms with Gasteiger partial charge < -0.3 is 14.6 Å². The largest absolute Gasteiger partial charge is 0.472 e. The average Bonchev–Trinajstić information content (AvgIpc) is 3.15. The molecule has 1 aromatic carbocycles. The second-order valence-corrected chi connectivity index (χ2v) is 6.17. The summed E-state index contributed by atoms with van der Waals surface area (Å²) in [5.74, 6) is -1.10. The standard InChI is InChI=1S/C18H17F3N2O3/c19-18(20,21)14-4-1-5-15(9-14)22-16(24)12-3-2-7-23(10-12)17(25)13-6-8-26-11-13/h1,4-6,8-9,11-12H,2-3,7,10H2,(H,22,24). The van der Waals surface area contributed by atoms with Gasteiger partial charge in [0.05, 0.1) is 23.3 Å². The molecule has 1 saturated heterocycles. The summed E-state index contributed by atoms with van der Waals surface area (Å²) in [6, 6.07) is 6.05. The SMILES string of the molecule is O=C(Nc1cccc(C(F)(F)F)c1)C1CCCN(C(=O)c2ccoc2)C1. The number of anilines is 1. The summed E-state index contributed by atoms with van der Waals surface area (Å²) in [5.41, 5.74) is -0.331. The molecular formula is C18H17F3N2O3.